The summed E-state index contributed by atoms with van der Waals surface area (Å²) in [5, 5.41) is 7.56. The van der Waals surface area contributed by atoms with Gasteiger partial charge in [-0.05, 0) is 19.1 Å². The van der Waals surface area contributed by atoms with E-state index in [4.69, 9.17) is 11.5 Å². The largest absolute Gasteiger partial charge is 0.369 e. The van der Waals surface area contributed by atoms with Gasteiger partial charge in [-0.1, -0.05) is 12.2 Å². The van der Waals surface area contributed by atoms with Crippen LogP contribution < -0.4 is 21.7 Å². The van der Waals surface area contributed by atoms with Crippen LogP contribution >= 0.6 is 0 Å². The maximum Gasteiger partial charge on any atom is 0.224 e. The molecule has 9 nitrogen and oxygen atoms in total. The number of benzene rings is 1. The van der Waals surface area contributed by atoms with Crippen molar-refractivity contribution < 1.29 is 8.78 Å². The summed E-state index contributed by atoms with van der Waals surface area (Å²) in [6.45, 7) is 6.83. The number of aromatic nitrogens is 4. The molecule has 180 valence electrons. The molecule has 2 aromatic heterocycles. The molecule has 4 rings (SSSR count). The van der Waals surface area contributed by atoms with Crippen LogP contribution in [-0.4, -0.2) is 70.5 Å². The van der Waals surface area contributed by atoms with E-state index >= 15 is 0 Å². The fourth-order valence-electron chi connectivity index (χ4n) is 3.91. The molecule has 1 aromatic carbocycles. The fourth-order valence-corrected chi connectivity index (χ4v) is 3.91. The molecule has 0 amide bonds. The van der Waals surface area contributed by atoms with E-state index in [0.29, 0.717) is 43.5 Å². The average Bonchev–Trinajstić information content (AvgIpc) is 3.17. The molecule has 1 saturated heterocycles. The Labute approximate surface area is 197 Å². The van der Waals surface area contributed by atoms with Crippen LogP contribution in [-0.2, 0) is 0 Å². The van der Waals surface area contributed by atoms with Crippen LogP contribution in [0.25, 0.3) is 11.9 Å². The van der Waals surface area contributed by atoms with Gasteiger partial charge >= 0.3 is 0 Å². The van der Waals surface area contributed by atoms with Gasteiger partial charge in [0.15, 0.2) is 5.82 Å². The highest BCUT2D eigenvalue weighted by Crippen LogP contribution is 2.20. The lowest BCUT2D eigenvalue weighted by Gasteiger charge is -2.35. The highest BCUT2D eigenvalue weighted by Gasteiger charge is 2.17. The van der Waals surface area contributed by atoms with Crippen LogP contribution in [0.1, 0.15) is 11.3 Å². The minimum absolute atomic E-state index is 0.157. The zero-order valence-electron chi connectivity index (χ0n) is 19.1. The van der Waals surface area contributed by atoms with Gasteiger partial charge in [-0.2, -0.15) is 15.1 Å². The predicted molar refractivity (Wildman–Crippen MR) is 130 cm³/mol. The van der Waals surface area contributed by atoms with Crippen LogP contribution in [0, 0.1) is 18.6 Å². The molecule has 3 aromatic rings. The van der Waals surface area contributed by atoms with Gasteiger partial charge in [0.2, 0.25) is 5.95 Å². The standard InChI is InChI=1S/C23H29F2N9/c1-16-17(15-29-34(16)22-14-21(28-5-4-26)30-23(27)31-22)3-2-6-32-7-9-33(10-8-32)20-12-18(24)11-19(25)13-20/h2-3,11-15H,4-10,26H2,1H3,(H3,27,28,30,31). The normalized spacial score (nSPS) is 14.8. The quantitative estimate of drug-likeness (QED) is 0.459. The highest BCUT2D eigenvalue weighted by molar-refractivity contribution is 5.54. The third kappa shape index (κ3) is 5.67. The van der Waals surface area contributed by atoms with E-state index in [1.54, 1.807) is 16.9 Å². The van der Waals surface area contributed by atoms with E-state index in [0.717, 1.165) is 37.0 Å². The Morgan fingerprint density at radius 3 is 2.50 bits per heavy atom. The summed E-state index contributed by atoms with van der Waals surface area (Å²) in [7, 11) is 0. The third-order valence-electron chi connectivity index (χ3n) is 5.69. The smallest absolute Gasteiger partial charge is 0.224 e. The molecule has 0 radical (unpaired) electrons. The fraction of sp³-hybridized carbons (Fsp3) is 0.348. The summed E-state index contributed by atoms with van der Waals surface area (Å²) in [5.41, 5.74) is 13.9. The monoisotopic (exact) mass is 469 g/mol. The number of hydrogen-bond donors (Lipinski definition) is 3. The van der Waals surface area contributed by atoms with Gasteiger partial charge in [-0.15, -0.1) is 0 Å². The van der Waals surface area contributed by atoms with Gasteiger partial charge in [-0.25, -0.2) is 13.5 Å². The number of nitrogens with zero attached hydrogens (tertiary/aromatic N) is 6. The lowest BCUT2D eigenvalue weighted by molar-refractivity contribution is 0.284. The van der Waals surface area contributed by atoms with Crippen LogP contribution in [0.3, 0.4) is 0 Å². The molecule has 0 aliphatic carbocycles. The summed E-state index contributed by atoms with van der Waals surface area (Å²) >= 11 is 0. The number of nitrogens with two attached hydrogens (primary N) is 2. The Bertz CT molecular complexity index is 1130. The van der Waals surface area contributed by atoms with Crippen LogP contribution in [0.5, 0.6) is 0 Å². The SMILES string of the molecule is Cc1c(C=CCN2CCN(c3cc(F)cc(F)c3)CC2)cnn1-c1cc(NCCN)nc(N)n1. The Morgan fingerprint density at radius 1 is 1.06 bits per heavy atom. The van der Waals surface area contributed by atoms with E-state index in [9.17, 15) is 8.78 Å². The molecule has 1 fully saturated rings. The molecular weight excluding hydrogens is 440 g/mol. The maximum atomic E-state index is 13.5. The zero-order valence-corrected chi connectivity index (χ0v) is 19.1. The first-order valence-corrected chi connectivity index (χ1v) is 11.2. The maximum absolute atomic E-state index is 13.5. The molecule has 3 heterocycles. The number of anilines is 3. The molecular formula is C23H29F2N9. The summed E-state index contributed by atoms with van der Waals surface area (Å²) in [4.78, 5) is 12.8. The van der Waals surface area contributed by atoms with Gasteiger partial charge in [0.25, 0.3) is 0 Å². The number of halogens is 2. The van der Waals surface area contributed by atoms with Crippen molar-refractivity contribution in [2.24, 2.45) is 5.73 Å². The summed E-state index contributed by atoms with van der Waals surface area (Å²) in [6, 6.07) is 5.43. The molecule has 0 unspecified atom stereocenters. The third-order valence-corrected chi connectivity index (χ3v) is 5.69. The van der Waals surface area contributed by atoms with E-state index in [1.165, 1.54) is 12.1 Å². The van der Waals surface area contributed by atoms with Crippen molar-refractivity contribution in [1.82, 2.24) is 24.6 Å². The summed E-state index contributed by atoms with van der Waals surface area (Å²) in [5.74, 6) is 0.228. The van der Waals surface area contributed by atoms with Crippen LogP contribution in [0.4, 0.5) is 26.2 Å². The van der Waals surface area contributed by atoms with Gasteiger partial charge in [0.05, 0.1) is 11.9 Å². The lowest BCUT2D eigenvalue weighted by Crippen LogP contribution is -2.46. The van der Waals surface area contributed by atoms with Crippen molar-refractivity contribution in [3.8, 4) is 5.82 Å². The Kier molecular flexibility index (Phi) is 7.33. The first-order chi connectivity index (χ1) is 16.4. The molecule has 1 aliphatic rings. The second kappa shape index (κ2) is 10.6. The Balaban J connectivity index is 1.35. The lowest BCUT2D eigenvalue weighted by atomic mass is 10.2. The second-order valence-electron chi connectivity index (χ2n) is 8.10. The number of rotatable bonds is 8. The molecule has 1 aliphatic heterocycles. The molecule has 0 bridgehead atoms. The summed E-state index contributed by atoms with van der Waals surface area (Å²) in [6.07, 6.45) is 5.91. The Hall–Kier alpha value is -3.57. The van der Waals surface area contributed by atoms with Crippen molar-refractivity contribution in [3.63, 3.8) is 0 Å². The first-order valence-electron chi connectivity index (χ1n) is 11.2. The van der Waals surface area contributed by atoms with Crippen molar-refractivity contribution in [2.75, 3.05) is 61.8 Å². The van der Waals surface area contributed by atoms with Crippen molar-refractivity contribution >= 4 is 23.5 Å². The van der Waals surface area contributed by atoms with Gasteiger partial charge in [0, 0.05) is 69.2 Å². The topological polar surface area (TPSA) is 114 Å². The first kappa shape index (κ1) is 23.6. The summed E-state index contributed by atoms with van der Waals surface area (Å²) < 4.78 is 28.7. The van der Waals surface area contributed by atoms with Gasteiger partial charge in [-0.3, -0.25) is 4.90 Å². The molecule has 34 heavy (non-hydrogen) atoms. The predicted octanol–water partition coefficient (Wildman–Crippen LogP) is 2.04. The molecule has 5 N–H and O–H groups in total. The van der Waals surface area contributed by atoms with Crippen LogP contribution in [0.15, 0.2) is 36.5 Å². The zero-order chi connectivity index (χ0) is 24.1. The Morgan fingerprint density at radius 2 is 1.79 bits per heavy atom. The van der Waals surface area contributed by atoms with E-state index in [2.05, 4.69) is 31.4 Å². The average molecular weight is 470 g/mol. The molecule has 0 atom stereocenters. The molecule has 0 spiro atoms. The number of nitrogens with one attached hydrogen (secondary N) is 1. The van der Waals surface area contributed by atoms with Crippen molar-refractivity contribution in [2.45, 2.75) is 6.92 Å². The molecule has 11 heteroatoms. The molecule has 0 saturated carbocycles. The minimum Gasteiger partial charge on any atom is -0.369 e. The second-order valence-corrected chi connectivity index (χ2v) is 8.10. The van der Waals surface area contributed by atoms with Crippen LogP contribution in [0.2, 0.25) is 0 Å². The minimum atomic E-state index is -0.552. The van der Waals surface area contributed by atoms with Gasteiger partial charge < -0.3 is 21.7 Å². The number of piperazine rings is 1. The number of hydrogen-bond acceptors (Lipinski definition) is 8. The van der Waals surface area contributed by atoms with Crippen molar-refractivity contribution in [1.29, 1.82) is 0 Å². The number of nitrogen functional groups attached to an aromatic ring is 1. The van der Waals surface area contributed by atoms with Gasteiger partial charge in [0.1, 0.15) is 17.5 Å². The van der Waals surface area contributed by atoms with E-state index in [1.807, 2.05) is 17.9 Å². The highest BCUT2D eigenvalue weighted by atomic mass is 19.1. The van der Waals surface area contributed by atoms with E-state index in [-0.39, 0.29) is 5.95 Å². The van der Waals surface area contributed by atoms with E-state index < -0.39 is 11.6 Å². The van der Waals surface area contributed by atoms with Crippen molar-refractivity contribution in [3.05, 3.63) is 59.4 Å².